The summed E-state index contributed by atoms with van der Waals surface area (Å²) < 4.78 is 16.9. The van der Waals surface area contributed by atoms with Gasteiger partial charge in [-0.1, -0.05) is 41.0 Å². The van der Waals surface area contributed by atoms with Crippen LogP contribution in [0.25, 0.3) is 0 Å². The normalized spacial score (nSPS) is 45.3. The zero-order chi connectivity index (χ0) is 20.6. The fraction of sp³-hybridized carbons (Fsp3) is 1.00. The highest BCUT2D eigenvalue weighted by molar-refractivity contribution is 5.12. The zero-order valence-electron chi connectivity index (χ0n) is 19.1. The van der Waals surface area contributed by atoms with Gasteiger partial charge in [-0.2, -0.15) is 0 Å². The van der Waals surface area contributed by atoms with Crippen molar-refractivity contribution in [3.05, 3.63) is 0 Å². The molecule has 0 heterocycles. The quantitative estimate of drug-likeness (QED) is 0.492. The minimum atomic E-state index is 0.150. The first kappa shape index (κ1) is 22.5. The van der Waals surface area contributed by atoms with E-state index in [1.54, 1.807) is 7.11 Å². The second kappa shape index (κ2) is 8.53. The highest BCUT2D eigenvalue weighted by Gasteiger charge is 2.63. The van der Waals surface area contributed by atoms with Crippen LogP contribution in [0.5, 0.6) is 0 Å². The van der Waals surface area contributed by atoms with Crippen molar-refractivity contribution in [2.75, 3.05) is 33.7 Å². The van der Waals surface area contributed by atoms with Crippen LogP contribution >= 0.6 is 0 Å². The molecule has 0 aliphatic heterocycles. The van der Waals surface area contributed by atoms with E-state index in [0.717, 1.165) is 6.42 Å². The Labute approximate surface area is 172 Å². The van der Waals surface area contributed by atoms with Crippen molar-refractivity contribution >= 4 is 0 Å². The van der Waals surface area contributed by atoms with Crippen molar-refractivity contribution in [2.24, 2.45) is 39.9 Å². The minimum absolute atomic E-state index is 0.150. The summed E-state index contributed by atoms with van der Waals surface area (Å²) in [5.74, 6) is 2.48. The van der Waals surface area contributed by atoms with Gasteiger partial charge in [-0.25, -0.2) is 0 Å². The van der Waals surface area contributed by atoms with Crippen molar-refractivity contribution in [3.63, 3.8) is 0 Å². The largest absolute Gasteiger partial charge is 0.396 e. The van der Waals surface area contributed by atoms with Crippen molar-refractivity contribution in [3.8, 4) is 0 Å². The average molecular weight is 397 g/mol. The molecule has 3 saturated carbocycles. The summed E-state index contributed by atoms with van der Waals surface area (Å²) in [6.07, 6.45) is 7.69. The van der Waals surface area contributed by atoms with E-state index in [2.05, 4.69) is 34.6 Å². The lowest BCUT2D eigenvalue weighted by Gasteiger charge is -2.67. The molecular formula is C24H44O4. The summed E-state index contributed by atoms with van der Waals surface area (Å²) >= 11 is 0. The number of hydrogen-bond donors (Lipinski definition) is 1. The second-order valence-electron chi connectivity index (χ2n) is 11.0. The lowest BCUT2D eigenvalue weighted by atomic mass is 9.38. The Balaban J connectivity index is 1.74. The van der Waals surface area contributed by atoms with Crippen molar-refractivity contribution < 1.29 is 19.3 Å². The molecule has 0 radical (unpaired) electrons. The van der Waals surface area contributed by atoms with E-state index >= 15 is 0 Å². The molecule has 4 nitrogen and oxygen atoms in total. The molecular weight excluding hydrogens is 352 g/mol. The first-order valence-corrected chi connectivity index (χ1v) is 11.5. The van der Waals surface area contributed by atoms with Gasteiger partial charge in [0, 0.05) is 13.7 Å². The molecule has 7 atom stereocenters. The van der Waals surface area contributed by atoms with Crippen LogP contribution in [0, 0.1) is 39.9 Å². The molecule has 0 saturated heterocycles. The minimum Gasteiger partial charge on any atom is -0.396 e. The van der Waals surface area contributed by atoms with Gasteiger partial charge in [-0.15, -0.1) is 0 Å². The molecule has 3 aliphatic rings. The molecule has 0 aromatic rings. The smallest absolute Gasteiger partial charge is 0.147 e. The number of methoxy groups -OCH3 is 1. The van der Waals surface area contributed by atoms with E-state index < -0.39 is 0 Å². The number of fused-ring (bicyclic) bond motifs is 3. The molecule has 28 heavy (non-hydrogen) atoms. The maximum absolute atomic E-state index is 10.2. The van der Waals surface area contributed by atoms with Crippen LogP contribution in [0.1, 0.15) is 73.1 Å². The molecule has 164 valence electrons. The fourth-order valence-electron chi connectivity index (χ4n) is 7.97. The third kappa shape index (κ3) is 3.68. The maximum Gasteiger partial charge on any atom is 0.147 e. The van der Waals surface area contributed by atoms with Crippen LogP contribution in [0.15, 0.2) is 0 Å². The van der Waals surface area contributed by atoms with Gasteiger partial charge >= 0.3 is 0 Å². The molecule has 3 rings (SSSR count). The summed E-state index contributed by atoms with van der Waals surface area (Å²) in [6, 6.07) is 0. The maximum atomic E-state index is 10.2. The standard InChI is InChI=1S/C24H44O4/c1-17-7-8-20-23(4,18(17)15-25)11-9-19-22(2,3)21(10-12-24(19,20)5)28-16-27-14-13-26-6/h17-21,25H,7-16H2,1-6H3/t17?,18-,19+,20+,21+,23+,24+/m1/s1. The van der Waals surface area contributed by atoms with Crippen molar-refractivity contribution in [1.29, 1.82) is 0 Å². The van der Waals surface area contributed by atoms with Crippen LogP contribution in [0.3, 0.4) is 0 Å². The summed E-state index contributed by atoms with van der Waals surface area (Å²) in [7, 11) is 1.69. The summed E-state index contributed by atoms with van der Waals surface area (Å²) in [4.78, 5) is 0. The third-order valence-electron chi connectivity index (χ3n) is 9.46. The Morgan fingerprint density at radius 2 is 1.61 bits per heavy atom. The summed E-state index contributed by atoms with van der Waals surface area (Å²) in [5, 5.41) is 10.2. The van der Waals surface area contributed by atoms with E-state index in [0.29, 0.717) is 55.7 Å². The van der Waals surface area contributed by atoms with E-state index in [-0.39, 0.29) is 16.9 Å². The van der Waals surface area contributed by atoms with E-state index in [9.17, 15) is 5.11 Å². The number of aliphatic hydroxyl groups is 1. The predicted molar refractivity (Wildman–Crippen MR) is 112 cm³/mol. The molecule has 0 spiro atoms. The summed E-state index contributed by atoms with van der Waals surface area (Å²) in [5.41, 5.74) is 0.780. The molecule has 0 amide bonds. The second-order valence-corrected chi connectivity index (χ2v) is 11.0. The van der Waals surface area contributed by atoms with Gasteiger partial charge < -0.3 is 19.3 Å². The van der Waals surface area contributed by atoms with Gasteiger partial charge in [0.05, 0.1) is 19.3 Å². The van der Waals surface area contributed by atoms with Crippen LogP contribution < -0.4 is 0 Å². The monoisotopic (exact) mass is 396 g/mol. The first-order chi connectivity index (χ1) is 13.2. The fourth-order valence-corrected chi connectivity index (χ4v) is 7.97. The Morgan fingerprint density at radius 3 is 2.29 bits per heavy atom. The van der Waals surface area contributed by atoms with Gasteiger partial charge in [0.2, 0.25) is 0 Å². The Hall–Kier alpha value is -0.160. The van der Waals surface area contributed by atoms with Crippen molar-refractivity contribution in [1.82, 2.24) is 0 Å². The topological polar surface area (TPSA) is 47.9 Å². The Bertz CT molecular complexity index is 521. The van der Waals surface area contributed by atoms with Gasteiger partial charge in [-0.05, 0) is 72.0 Å². The molecule has 4 heteroatoms. The SMILES string of the molecule is COCCOCO[C@H]1CC[C@]2(C)[C@H]3CCC(C)[C@@H](CO)[C@]3(C)CC[C@H]2C1(C)C. The number of hydrogen-bond acceptors (Lipinski definition) is 4. The van der Waals surface area contributed by atoms with Crippen molar-refractivity contribution in [2.45, 2.75) is 79.2 Å². The number of ether oxygens (including phenoxy) is 3. The van der Waals surface area contributed by atoms with Crippen LogP contribution in [-0.2, 0) is 14.2 Å². The molecule has 1 N–H and O–H groups in total. The summed E-state index contributed by atoms with van der Waals surface area (Å²) in [6.45, 7) is 14.2. The highest BCUT2D eigenvalue weighted by atomic mass is 16.7. The zero-order valence-corrected chi connectivity index (χ0v) is 19.1. The molecule has 3 fully saturated rings. The molecule has 1 unspecified atom stereocenters. The third-order valence-corrected chi connectivity index (χ3v) is 9.46. The molecule has 0 aromatic carbocycles. The van der Waals surface area contributed by atoms with E-state index in [1.807, 2.05) is 0 Å². The number of rotatable bonds is 7. The average Bonchev–Trinajstić information content (AvgIpc) is 2.62. The lowest BCUT2D eigenvalue weighted by Crippen LogP contribution is -2.62. The Kier molecular flexibility index (Phi) is 6.86. The number of aliphatic hydroxyl groups excluding tert-OH is 1. The molecule has 0 bridgehead atoms. The van der Waals surface area contributed by atoms with Gasteiger partial charge in [0.1, 0.15) is 6.79 Å². The van der Waals surface area contributed by atoms with Gasteiger partial charge in [0.25, 0.3) is 0 Å². The van der Waals surface area contributed by atoms with Crippen LogP contribution in [-0.4, -0.2) is 44.9 Å². The Morgan fingerprint density at radius 1 is 0.893 bits per heavy atom. The van der Waals surface area contributed by atoms with Crippen LogP contribution in [0.2, 0.25) is 0 Å². The van der Waals surface area contributed by atoms with Gasteiger partial charge in [-0.3, -0.25) is 0 Å². The predicted octanol–water partition coefficient (Wildman–Crippen LogP) is 4.89. The van der Waals surface area contributed by atoms with E-state index in [4.69, 9.17) is 14.2 Å². The molecule has 0 aromatic heterocycles. The van der Waals surface area contributed by atoms with Crippen LogP contribution in [0.4, 0.5) is 0 Å². The first-order valence-electron chi connectivity index (χ1n) is 11.5. The lowest BCUT2D eigenvalue weighted by molar-refractivity contribution is -0.227. The molecule has 3 aliphatic carbocycles. The van der Waals surface area contributed by atoms with E-state index in [1.165, 1.54) is 32.1 Å². The highest BCUT2D eigenvalue weighted by Crippen LogP contribution is 2.69. The van der Waals surface area contributed by atoms with Gasteiger partial charge in [0.15, 0.2) is 0 Å².